The van der Waals surface area contributed by atoms with Gasteiger partial charge in [0.25, 0.3) is 11.8 Å². The van der Waals surface area contributed by atoms with Crippen molar-refractivity contribution < 1.29 is 9.59 Å². The summed E-state index contributed by atoms with van der Waals surface area (Å²) in [7, 11) is 0. The Morgan fingerprint density at radius 3 is 2.22 bits per heavy atom. The molecule has 0 aliphatic carbocycles. The Morgan fingerprint density at radius 2 is 1.56 bits per heavy atom. The van der Waals surface area contributed by atoms with Crippen LogP contribution < -0.4 is 10.2 Å². The lowest BCUT2D eigenvalue weighted by atomic mass is 10.1. The third kappa shape index (κ3) is 3.87. The molecule has 0 radical (unpaired) electrons. The number of nitrogens with one attached hydrogen (secondary N) is 1. The Kier molecular flexibility index (Phi) is 5.75. The number of carbonyl (C=O) groups is 2. The van der Waals surface area contributed by atoms with E-state index >= 15 is 0 Å². The van der Waals surface area contributed by atoms with Crippen LogP contribution in [0.5, 0.6) is 0 Å². The van der Waals surface area contributed by atoms with Crippen LogP contribution in [-0.4, -0.2) is 21.5 Å². The average molecular weight is 464 g/mol. The van der Waals surface area contributed by atoms with Crippen molar-refractivity contribution in [3.8, 4) is 5.69 Å². The van der Waals surface area contributed by atoms with Gasteiger partial charge in [0.15, 0.2) is 5.11 Å². The molecule has 162 valence electrons. The highest BCUT2D eigenvalue weighted by atomic mass is 35.5. The summed E-state index contributed by atoms with van der Waals surface area (Å²) in [6.45, 7) is 7.89. The molecule has 2 aromatic carbocycles. The minimum absolute atomic E-state index is 0.0354. The topological polar surface area (TPSA) is 54.3 Å². The number of hydrogen-bond donors (Lipinski definition) is 1. The number of amides is 2. The second kappa shape index (κ2) is 8.37. The number of benzene rings is 2. The maximum Gasteiger partial charge on any atom is 0.270 e. The number of aromatic nitrogens is 1. The van der Waals surface area contributed by atoms with E-state index in [1.165, 1.54) is 4.90 Å². The number of hydrogen-bond acceptors (Lipinski definition) is 3. The second-order valence-corrected chi connectivity index (χ2v) is 8.69. The average Bonchev–Trinajstić information content (AvgIpc) is 3.01. The Morgan fingerprint density at radius 1 is 0.906 bits per heavy atom. The zero-order valence-electron chi connectivity index (χ0n) is 18.2. The Labute approximate surface area is 197 Å². The summed E-state index contributed by atoms with van der Waals surface area (Å²) < 4.78 is 2.06. The fraction of sp³-hybridized carbons (Fsp3) is 0.160. The first-order valence-electron chi connectivity index (χ1n) is 10.1. The van der Waals surface area contributed by atoms with Crippen molar-refractivity contribution >= 4 is 52.5 Å². The molecule has 0 saturated carbocycles. The van der Waals surface area contributed by atoms with Gasteiger partial charge in [0, 0.05) is 22.1 Å². The summed E-state index contributed by atoms with van der Waals surface area (Å²) in [5, 5.41) is 3.38. The number of thiocarbonyl (C=S) groups is 1. The molecule has 32 heavy (non-hydrogen) atoms. The molecule has 1 N–H and O–H groups in total. The van der Waals surface area contributed by atoms with Crippen molar-refractivity contribution in [1.29, 1.82) is 0 Å². The maximum atomic E-state index is 13.3. The molecule has 5 nitrogen and oxygen atoms in total. The van der Waals surface area contributed by atoms with Crippen molar-refractivity contribution in [3.05, 3.63) is 87.2 Å². The van der Waals surface area contributed by atoms with E-state index in [1.807, 2.05) is 76.2 Å². The largest absolute Gasteiger partial charge is 0.318 e. The van der Waals surface area contributed by atoms with Gasteiger partial charge in [0.05, 0.1) is 5.69 Å². The van der Waals surface area contributed by atoms with Gasteiger partial charge in [-0.05, 0) is 105 Å². The Hall–Kier alpha value is -3.22. The third-order valence-electron chi connectivity index (χ3n) is 5.71. The maximum absolute atomic E-state index is 13.3. The molecule has 4 rings (SSSR count). The third-order valence-corrected chi connectivity index (χ3v) is 6.24. The fourth-order valence-corrected chi connectivity index (χ4v) is 4.24. The van der Waals surface area contributed by atoms with Gasteiger partial charge in [-0.25, -0.2) is 0 Å². The molecule has 1 aliphatic rings. The number of rotatable bonds is 3. The standard InChI is InChI=1S/C25H22ClN3O2S/c1-14-5-8-21(11-15(14)2)29-24(31)22(23(30)27-25(29)32)13-18-12-16(3)28(17(18)4)20-9-6-19(26)7-10-20/h5-13H,1-4H3,(H,27,30,32). The van der Waals surface area contributed by atoms with E-state index in [2.05, 4.69) is 9.88 Å². The molecular weight excluding hydrogens is 442 g/mol. The zero-order chi connectivity index (χ0) is 23.2. The van der Waals surface area contributed by atoms with Crippen LogP contribution in [0.2, 0.25) is 5.02 Å². The molecular formula is C25H22ClN3O2S. The zero-order valence-corrected chi connectivity index (χ0v) is 19.8. The summed E-state index contributed by atoms with van der Waals surface area (Å²) >= 11 is 11.3. The van der Waals surface area contributed by atoms with Gasteiger partial charge in [-0.15, -0.1) is 0 Å². The number of halogens is 1. The number of carbonyl (C=O) groups excluding carboxylic acids is 2. The van der Waals surface area contributed by atoms with Gasteiger partial charge in [-0.3, -0.25) is 19.8 Å². The SMILES string of the molecule is Cc1ccc(N2C(=O)C(=Cc3cc(C)n(-c4ccc(Cl)cc4)c3C)C(=O)NC2=S)cc1C. The number of nitrogens with zero attached hydrogens (tertiary/aromatic N) is 2. The van der Waals surface area contributed by atoms with Crippen LogP contribution in [0.1, 0.15) is 28.1 Å². The molecule has 1 aliphatic heterocycles. The molecule has 1 aromatic heterocycles. The first-order valence-corrected chi connectivity index (χ1v) is 10.9. The molecule has 0 spiro atoms. The summed E-state index contributed by atoms with van der Waals surface area (Å²) in [5.74, 6) is -0.949. The molecule has 1 saturated heterocycles. The molecule has 0 unspecified atom stereocenters. The lowest BCUT2D eigenvalue weighted by Gasteiger charge is -2.29. The van der Waals surface area contributed by atoms with Crippen LogP contribution in [0.3, 0.4) is 0 Å². The van der Waals surface area contributed by atoms with E-state index in [0.717, 1.165) is 33.8 Å². The van der Waals surface area contributed by atoms with E-state index in [0.29, 0.717) is 10.7 Å². The lowest BCUT2D eigenvalue weighted by Crippen LogP contribution is -2.54. The molecule has 2 heterocycles. The van der Waals surface area contributed by atoms with E-state index in [9.17, 15) is 9.59 Å². The minimum Gasteiger partial charge on any atom is -0.318 e. The van der Waals surface area contributed by atoms with Gasteiger partial charge < -0.3 is 4.57 Å². The molecule has 1 fully saturated rings. The number of anilines is 1. The van der Waals surface area contributed by atoms with Crippen LogP contribution in [0, 0.1) is 27.7 Å². The summed E-state index contributed by atoms with van der Waals surface area (Å²) in [4.78, 5) is 27.4. The highest BCUT2D eigenvalue weighted by Gasteiger charge is 2.34. The molecule has 0 atom stereocenters. The summed E-state index contributed by atoms with van der Waals surface area (Å²) in [6.07, 6.45) is 1.63. The van der Waals surface area contributed by atoms with Crippen LogP contribution in [0.15, 0.2) is 54.1 Å². The first kappa shape index (κ1) is 22.0. The highest BCUT2D eigenvalue weighted by molar-refractivity contribution is 7.80. The monoisotopic (exact) mass is 463 g/mol. The van der Waals surface area contributed by atoms with Gasteiger partial charge in [-0.1, -0.05) is 17.7 Å². The molecule has 7 heteroatoms. The smallest absolute Gasteiger partial charge is 0.270 e. The van der Waals surface area contributed by atoms with E-state index in [4.69, 9.17) is 23.8 Å². The molecule has 2 amide bonds. The summed E-state index contributed by atoms with van der Waals surface area (Å²) in [6, 6.07) is 15.1. The van der Waals surface area contributed by atoms with Crippen LogP contribution in [0.4, 0.5) is 5.69 Å². The predicted molar refractivity (Wildman–Crippen MR) is 132 cm³/mol. The van der Waals surface area contributed by atoms with Crippen molar-refractivity contribution in [3.63, 3.8) is 0 Å². The van der Waals surface area contributed by atoms with Crippen LogP contribution >= 0.6 is 23.8 Å². The predicted octanol–water partition coefficient (Wildman–Crippen LogP) is 5.20. The Balaban J connectivity index is 1.76. The van der Waals surface area contributed by atoms with E-state index in [-0.39, 0.29) is 10.7 Å². The minimum atomic E-state index is -0.503. The fourth-order valence-electron chi connectivity index (χ4n) is 3.83. The normalized spacial score (nSPS) is 15.5. The van der Waals surface area contributed by atoms with Gasteiger partial charge in [-0.2, -0.15) is 0 Å². The van der Waals surface area contributed by atoms with Crippen LogP contribution in [-0.2, 0) is 9.59 Å². The van der Waals surface area contributed by atoms with Crippen LogP contribution in [0.25, 0.3) is 11.8 Å². The van der Waals surface area contributed by atoms with E-state index < -0.39 is 11.8 Å². The summed E-state index contributed by atoms with van der Waals surface area (Å²) in [5.41, 5.74) is 6.42. The van der Waals surface area contributed by atoms with Crippen molar-refractivity contribution in [2.75, 3.05) is 4.90 Å². The van der Waals surface area contributed by atoms with Gasteiger partial charge >= 0.3 is 0 Å². The van der Waals surface area contributed by atoms with Gasteiger partial charge in [0.1, 0.15) is 5.57 Å². The molecule has 3 aromatic rings. The second-order valence-electron chi connectivity index (χ2n) is 7.86. The van der Waals surface area contributed by atoms with Gasteiger partial charge in [0.2, 0.25) is 0 Å². The van der Waals surface area contributed by atoms with Crippen molar-refractivity contribution in [2.24, 2.45) is 0 Å². The molecule has 0 bridgehead atoms. The van der Waals surface area contributed by atoms with Crippen molar-refractivity contribution in [1.82, 2.24) is 9.88 Å². The number of aryl methyl sites for hydroxylation is 3. The van der Waals surface area contributed by atoms with E-state index in [1.54, 1.807) is 6.08 Å². The highest BCUT2D eigenvalue weighted by Crippen LogP contribution is 2.27. The van der Waals surface area contributed by atoms with Crippen molar-refractivity contribution in [2.45, 2.75) is 27.7 Å². The lowest BCUT2D eigenvalue weighted by molar-refractivity contribution is -0.122. The first-order chi connectivity index (χ1) is 15.2. The Bertz CT molecular complexity index is 1310. The quantitative estimate of drug-likeness (QED) is 0.330.